The van der Waals surface area contributed by atoms with Crippen molar-refractivity contribution < 1.29 is 10.2 Å². The average molecular weight is 313 g/mol. The fraction of sp³-hybridized carbons (Fsp3) is 0.636. The van der Waals surface area contributed by atoms with Gasteiger partial charge in [0.15, 0.2) is 0 Å². The normalized spacial score (nSPS) is 28.3. The number of rotatable bonds is 4. The van der Waals surface area contributed by atoms with Gasteiger partial charge in [-0.3, -0.25) is 14.3 Å². The van der Waals surface area contributed by atoms with Gasteiger partial charge in [-0.2, -0.15) is 0 Å². The molecule has 1 aromatic rings. The van der Waals surface area contributed by atoms with Crippen molar-refractivity contribution in [2.75, 3.05) is 6.61 Å². The van der Waals surface area contributed by atoms with Gasteiger partial charge in [0.1, 0.15) is 0 Å². The maximum absolute atomic E-state index is 12.0. The molecule has 0 spiro atoms. The van der Waals surface area contributed by atoms with E-state index in [0.717, 1.165) is 11.8 Å². The summed E-state index contributed by atoms with van der Waals surface area (Å²) < 4.78 is 1.24. The highest BCUT2D eigenvalue weighted by Crippen LogP contribution is 2.42. The molecule has 10 heteroatoms. The van der Waals surface area contributed by atoms with Gasteiger partial charge < -0.3 is 10.2 Å². The smallest absolute Gasteiger partial charge is 0.329 e. The molecule has 1 aromatic heterocycles. The van der Waals surface area contributed by atoms with Crippen LogP contribution in [0.4, 0.5) is 0 Å². The zero-order valence-electron chi connectivity index (χ0n) is 11.2. The van der Waals surface area contributed by atoms with E-state index in [1.807, 2.05) is 0 Å². The molecule has 0 aliphatic carbocycles. The fourth-order valence-corrected chi connectivity index (χ4v) is 3.69. The highest BCUT2D eigenvalue weighted by Gasteiger charge is 2.43. The lowest BCUT2D eigenvalue weighted by atomic mass is 10.1. The summed E-state index contributed by atoms with van der Waals surface area (Å²) in [5.74, 6) is 0. The number of nitrogens with zero attached hydrogens (tertiary/aromatic N) is 4. The number of aromatic amines is 1. The Morgan fingerprint density at radius 3 is 2.86 bits per heavy atom. The van der Waals surface area contributed by atoms with E-state index < -0.39 is 34.0 Å². The second-order valence-corrected chi connectivity index (χ2v) is 5.97. The molecule has 0 radical (unpaired) electrons. The first kappa shape index (κ1) is 15.6. The minimum atomic E-state index is -1.06. The third kappa shape index (κ3) is 2.84. The van der Waals surface area contributed by atoms with Crippen molar-refractivity contribution >= 4 is 11.8 Å². The Hall–Kier alpha value is -1.74. The summed E-state index contributed by atoms with van der Waals surface area (Å²) in [6, 6.07) is -0.898. The lowest BCUT2D eigenvalue weighted by Gasteiger charge is -2.18. The van der Waals surface area contributed by atoms with Crippen LogP contribution in [-0.2, 0) is 6.42 Å². The topological polar surface area (TPSA) is 144 Å². The van der Waals surface area contributed by atoms with Crippen LogP contribution in [0, 0.1) is 0 Å². The van der Waals surface area contributed by atoms with E-state index >= 15 is 0 Å². The maximum Gasteiger partial charge on any atom is 0.329 e. The van der Waals surface area contributed by atoms with Crippen LogP contribution in [0.25, 0.3) is 10.4 Å². The predicted molar refractivity (Wildman–Crippen MR) is 77.1 cm³/mol. The minimum Gasteiger partial charge on any atom is -0.395 e. The molecule has 0 unspecified atom stereocenters. The number of hydrogen-bond donors (Lipinski definition) is 3. The maximum atomic E-state index is 12.0. The van der Waals surface area contributed by atoms with Gasteiger partial charge in [-0.1, -0.05) is 12.0 Å². The van der Waals surface area contributed by atoms with E-state index in [-0.39, 0.29) is 6.61 Å². The van der Waals surface area contributed by atoms with Crippen LogP contribution in [-0.4, -0.2) is 43.8 Å². The van der Waals surface area contributed by atoms with Crippen LogP contribution >= 0.6 is 11.8 Å². The number of aliphatic hydroxyl groups is 2. The second-order valence-electron chi connectivity index (χ2n) is 4.61. The number of hydrogen-bond acceptors (Lipinski definition) is 6. The molecule has 114 valence electrons. The zero-order valence-corrected chi connectivity index (χ0v) is 12.0. The number of aromatic nitrogens is 2. The van der Waals surface area contributed by atoms with Crippen LogP contribution in [0.1, 0.15) is 17.9 Å². The van der Waals surface area contributed by atoms with E-state index in [2.05, 4.69) is 15.0 Å². The average Bonchev–Trinajstić information content (AvgIpc) is 2.77. The largest absolute Gasteiger partial charge is 0.395 e. The van der Waals surface area contributed by atoms with Crippen LogP contribution in [0.15, 0.2) is 20.9 Å². The number of thioether (sulfide) groups is 1. The Bertz CT molecular complexity index is 680. The number of H-pyrrole nitrogens is 1. The fourth-order valence-electron chi connectivity index (χ4n) is 2.26. The monoisotopic (exact) mass is 313 g/mol. The molecular formula is C11H15N5O4S. The number of nitrogens with one attached hydrogen (secondary N) is 1. The minimum absolute atomic E-state index is 0.307. The lowest BCUT2D eigenvalue weighted by Crippen LogP contribution is -2.37. The highest BCUT2D eigenvalue weighted by molar-refractivity contribution is 8.00. The second kappa shape index (κ2) is 6.35. The number of aliphatic hydroxyl groups excluding tert-OH is 2. The Labute approximate surface area is 123 Å². The van der Waals surface area contributed by atoms with E-state index in [1.165, 1.54) is 10.8 Å². The summed E-state index contributed by atoms with van der Waals surface area (Å²) in [6.07, 6.45) is 0.779. The molecule has 1 saturated heterocycles. The van der Waals surface area contributed by atoms with Crippen molar-refractivity contribution in [1.82, 2.24) is 9.55 Å². The third-order valence-electron chi connectivity index (χ3n) is 3.40. The Morgan fingerprint density at radius 2 is 2.29 bits per heavy atom. The molecule has 0 aromatic carbocycles. The molecule has 0 saturated carbocycles. The summed E-state index contributed by atoms with van der Waals surface area (Å²) in [5, 5.41) is 21.6. The van der Waals surface area contributed by atoms with Gasteiger partial charge in [0.05, 0.1) is 29.4 Å². The van der Waals surface area contributed by atoms with E-state index in [1.54, 1.807) is 6.92 Å². The van der Waals surface area contributed by atoms with Gasteiger partial charge in [0.25, 0.3) is 5.56 Å². The molecule has 0 amide bonds. The van der Waals surface area contributed by atoms with Crippen LogP contribution in [0.2, 0.25) is 0 Å². The molecular weight excluding hydrogens is 298 g/mol. The number of aryl methyl sites for hydroxylation is 1. The summed E-state index contributed by atoms with van der Waals surface area (Å²) in [4.78, 5) is 28.4. The van der Waals surface area contributed by atoms with Crippen molar-refractivity contribution in [3.63, 3.8) is 0 Å². The first-order chi connectivity index (χ1) is 10.0. The van der Waals surface area contributed by atoms with Crippen molar-refractivity contribution in [3.8, 4) is 0 Å². The van der Waals surface area contributed by atoms with Gasteiger partial charge in [0, 0.05) is 16.7 Å². The Kier molecular flexibility index (Phi) is 4.73. The first-order valence-corrected chi connectivity index (χ1v) is 7.30. The molecule has 0 bridgehead atoms. The molecule has 1 aliphatic heterocycles. The molecule has 2 rings (SSSR count). The molecule has 9 nitrogen and oxygen atoms in total. The molecule has 3 N–H and O–H groups in total. The zero-order chi connectivity index (χ0) is 15.6. The Morgan fingerprint density at radius 1 is 1.57 bits per heavy atom. The highest BCUT2D eigenvalue weighted by atomic mass is 32.2. The van der Waals surface area contributed by atoms with Crippen LogP contribution in [0.3, 0.4) is 0 Å². The third-order valence-corrected chi connectivity index (χ3v) is 4.96. The molecule has 4 atom stereocenters. The van der Waals surface area contributed by atoms with Crippen LogP contribution < -0.4 is 11.2 Å². The summed E-state index contributed by atoms with van der Waals surface area (Å²) in [7, 11) is 0. The molecule has 1 fully saturated rings. The summed E-state index contributed by atoms with van der Waals surface area (Å²) >= 11 is 1.14. The van der Waals surface area contributed by atoms with Crippen molar-refractivity contribution in [3.05, 3.63) is 43.0 Å². The van der Waals surface area contributed by atoms with Crippen molar-refractivity contribution in [2.45, 2.75) is 36.1 Å². The predicted octanol–water partition coefficient (Wildman–Crippen LogP) is -0.255. The number of azide groups is 1. The standard InChI is InChI=1S/C11H15N5O4S/c1-2-5-3-16(11(20)13-9(5)19)10-7(14-15-12)8(18)6(4-17)21-10/h3,6-8,10,17-18H,2,4H2,1H3,(H,13,19,20)/t6-,7-,8-,10-/m1/s1. The van der Waals surface area contributed by atoms with Gasteiger partial charge >= 0.3 is 5.69 Å². The molecule has 2 heterocycles. The van der Waals surface area contributed by atoms with E-state index in [9.17, 15) is 19.8 Å². The van der Waals surface area contributed by atoms with E-state index in [4.69, 9.17) is 5.53 Å². The van der Waals surface area contributed by atoms with Gasteiger partial charge in [-0.05, 0) is 12.0 Å². The van der Waals surface area contributed by atoms with Gasteiger partial charge in [0.2, 0.25) is 0 Å². The Balaban J connectivity index is 2.51. The molecule has 21 heavy (non-hydrogen) atoms. The SMILES string of the molecule is CCc1cn([C@@H]2S[C@H](CO)[C@@H](O)[C@H]2N=[N+]=[N-])c(=O)[nH]c1=O. The van der Waals surface area contributed by atoms with Gasteiger partial charge in [-0.25, -0.2) is 4.79 Å². The molecule has 1 aliphatic rings. The van der Waals surface area contributed by atoms with E-state index in [0.29, 0.717) is 12.0 Å². The first-order valence-electron chi connectivity index (χ1n) is 6.36. The quantitative estimate of drug-likeness (QED) is 0.398. The van der Waals surface area contributed by atoms with Crippen molar-refractivity contribution in [1.29, 1.82) is 0 Å². The summed E-state index contributed by atoms with van der Waals surface area (Å²) in [5.41, 5.74) is 7.93. The van der Waals surface area contributed by atoms with Crippen LogP contribution in [0.5, 0.6) is 0 Å². The summed E-state index contributed by atoms with van der Waals surface area (Å²) in [6.45, 7) is 1.47. The van der Waals surface area contributed by atoms with Crippen molar-refractivity contribution in [2.24, 2.45) is 5.11 Å². The lowest BCUT2D eigenvalue weighted by molar-refractivity contribution is 0.120. The van der Waals surface area contributed by atoms with Gasteiger partial charge in [-0.15, -0.1) is 11.8 Å².